The third-order valence-corrected chi connectivity index (χ3v) is 4.13. The number of carboxylic acids is 1. The fourth-order valence-corrected chi connectivity index (χ4v) is 2.82. The fourth-order valence-electron chi connectivity index (χ4n) is 2.82. The third-order valence-electron chi connectivity index (χ3n) is 4.13. The minimum atomic E-state index is -0.833. The summed E-state index contributed by atoms with van der Waals surface area (Å²) in [5.74, 6) is -0.0373. The summed E-state index contributed by atoms with van der Waals surface area (Å²) in [6.45, 7) is 1.06. The zero-order chi connectivity index (χ0) is 17.1. The molecule has 1 N–H and O–H groups in total. The van der Waals surface area contributed by atoms with E-state index in [1.54, 1.807) is 0 Å². The minimum absolute atomic E-state index is 0.406. The average Bonchev–Trinajstić information content (AvgIpc) is 2.59. The number of hydrogen-bond donors (Lipinski definition) is 1. The molecule has 1 heterocycles. The van der Waals surface area contributed by atoms with Gasteiger partial charge in [0.25, 0.3) is 0 Å². The molecule has 24 heavy (non-hydrogen) atoms. The highest BCUT2D eigenvalue weighted by atomic mass is 16.6. The lowest BCUT2D eigenvalue weighted by atomic mass is 9.91. The molecule has 0 amide bonds. The molecule has 5 nitrogen and oxygen atoms in total. The van der Waals surface area contributed by atoms with Gasteiger partial charge in [-0.05, 0) is 41.8 Å². The molecular weight excluding hydrogens is 306 g/mol. The smallest absolute Gasteiger partial charge is 0.311 e. The van der Waals surface area contributed by atoms with Crippen LogP contribution in [0.2, 0.25) is 0 Å². The molecule has 1 aliphatic rings. The first-order chi connectivity index (χ1) is 11.5. The Morgan fingerprint density at radius 3 is 2.58 bits per heavy atom. The normalized spacial score (nSPS) is 14.1. The lowest BCUT2D eigenvalue weighted by molar-refractivity contribution is -0.138. The van der Waals surface area contributed by atoms with E-state index in [4.69, 9.17) is 9.47 Å². The summed E-state index contributed by atoms with van der Waals surface area (Å²) in [6, 6.07) is 13.3. The van der Waals surface area contributed by atoms with Crippen LogP contribution < -0.4 is 14.4 Å². The lowest BCUT2D eigenvalue weighted by Gasteiger charge is -2.20. The monoisotopic (exact) mass is 327 g/mol. The van der Waals surface area contributed by atoms with Crippen LogP contribution in [0.15, 0.2) is 42.5 Å². The van der Waals surface area contributed by atoms with Gasteiger partial charge in [-0.3, -0.25) is 4.79 Å². The van der Waals surface area contributed by atoms with Crippen molar-refractivity contribution >= 4 is 11.7 Å². The largest absolute Gasteiger partial charge is 0.486 e. The number of aliphatic carboxylic acids is 1. The van der Waals surface area contributed by atoms with Crippen LogP contribution >= 0.6 is 0 Å². The maximum Gasteiger partial charge on any atom is 0.311 e. The van der Waals surface area contributed by atoms with E-state index >= 15 is 0 Å². The van der Waals surface area contributed by atoms with E-state index in [0.717, 1.165) is 16.8 Å². The summed E-state index contributed by atoms with van der Waals surface area (Å²) in [5, 5.41) is 9.69. The van der Waals surface area contributed by atoms with Crippen molar-refractivity contribution in [2.45, 2.75) is 12.3 Å². The zero-order valence-corrected chi connectivity index (χ0v) is 13.9. The van der Waals surface area contributed by atoms with Crippen molar-refractivity contribution in [2.24, 2.45) is 0 Å². The lowest BCUT2D eigenvalue weighted by Crippen LogP contribution is -2.17. The van der Waals surface area contributed by atoms with Crippen LogP contribution in [-0.2, 0) is 11.2 Å². The van der Waals surface area contributed by atoms with E-state index in [1.165, 1.54) is 0 Å². The molecule has 3 rings (SSSR count). The van der Waals surface area contributed by atoms with Crippen molar-refractivity contribution in [3.63, 3.8) is 0 Å². The quantitative estimate of drug-likeness (QED) is 0.915. The zero-order valence-electron chi connectivity index (χ0n) is 13.9. The molecular formula is C19H21NO4. The van der Waals surface area contributed by atoms with Gasteiger partial charge in [0.1, 0.15) is 13.2 Å². The molecule has 0 fully saturated rings. The van der Waals surface area contributed by atoms with Crippen molar-refractivity contribution < 1.29 is 19.4 Å². The third kappa shape index (κ3) is 3.45. The van der Waals surface area contributed by atoms with E-state index in [9.17, 15) is 9.90 Å². The Morgan fingerprint density at radius 2 is 1.88 bits per heavy atom. The van der Waals surface area contributed by atoms with Gasteiger partial charge in [0.15, 0.2) is 11.5 Å². The number of rotatable bonds is 5. The molecule has 1 atom stereocenters. The van der Waals surface area contributed by atoms with Crippen molar-refractivity contribution in [3.8, 4) is 11.5 Å². The maximum absolute atomic E-state index is 11.8. The Balaban J connectivity index is 1.87. The summed E-state index contributed by atoms with van der Waals surface area (Å²) >= 11 is 0. The van der Waals surface area contributed by atoms with Crippen LogP contribution in [0.5, 0.6) is 11.5 Å². The van der Waals surface area contributed by atoms with Crippen molar-refractivity contribution in [2.75, 3.05) is 32.2 Å². The van der Waals surface area contributed by atoms with Crippen LogP contribution in [0.3, 0.4) is 0 Å². The van der Waals surface area contributed by atoms with Crippen LogP contribution in [0.1, 0.15) is 17.0 Å². The summed E-state index contributed by atoms with van der Waals surface area (Å²) in [7, 11) is 3.88. The highest BCUT2D eigenvalue weighted by Crippen LogP contribution is 2.33. The molecule has 2 aromatic carbocycles. The Kier molecular flexibility index (Phi) is 4.60. The first-order valence-electron chi connectivity index (χ1n) is 7.93. The maximum atomic E-state index is 11.8. The van der Waals surface area contributed by atoms with Crippen LogP contribution in [0.4, 0.5) is 5.69 Å². The summed E-state index contributed by atoms with van der Waals surface area (Å²) in [4.78, 5) is 13.8. The minimum Gasteiger partial charge on any atom is -0.486 e. The molecule has 1 aliphatic heterocycles. The van der Waals surface area contributed by atoms with Gasteiger partial charge in [-0.2, -0.15) is 0 Å². The predicted octanol–water partition coefficient (Wildman–Crippen LogP) is 2.93. The van der Waals surface area contributed by atoms with E-state index in [1.807, 2.05) is 61.5 Å². The van der Waals surface area contributed by atoms with Crippen molar-refractivity contribution in [1.82, 2.24) is 0 Å². The van der Waals surface area contributed by atoms with Gasteiger partial charge >= 0.3 is 5.97 Å². The molecule has 0 saturated carbocycles. The van der Waals surface area contributed by atoms with Gasteiger partial charge in [-0.15, -0.1) is 0 Å². The molecule has 0 aromatic heterocycles. The predicted molar refractivity (Wildman–Crippen MR) is 92.3 cm³/mol. The highest BCUT2D eigenvalue weighted by molar-refractivity contribution is 5.77. The Labute approximate surface area is 141 Å². The van der Waals surface area contributed by atoms with Crippen LogP contribution in [0, 0.1) is 0 Å². The fraction of sp³-hybridized carbons (Fsp3) is 0.316. The van der Waals surface area contributed by atoms with E-state index in [2.05, 4.69) is 0 Å². The Hall–Kier alpha value is -2.69. The number of hydrogen-bond acceptors (Lipinski definition) is 4. The molecule has 0 radical (unpaired) electrons. The topological polar surface area (TPSA) is 59.0 Å². The van der Waals surface area contributed by atoms with Crippen molar-refractivity contribution in [1.29, 1.82) is 0 Å². The van der Waals surface area contributed by atoms with E-state index < -0.39 is 11.9 Å². The molecule has 2 aromatic rings. The molecule has 0 spiro atoms. The van der Waals surface area contributed by atoms with Gasteiger partial charge < -0.3 is 19.5 Å². The molecule has 0 aliphatic carbocycles. The highest BCUT2D eigenvalue weighted by Gasteiger charge is 2.22. The SMILES string of the molecule is CN(C)c1cccc(C(Cc2ccc3c(c2)OCCO3)C(=O)O)c1. The van der Waals surface area contributed by atoms with Gasteiger partial charge in [-0.1, -0.05) is 18.2 Å². The average molecular weight is 327 g/mol. The number of carboxylic acid groups (broad SMARTS) is 1. The molecule has 1 unspecified atom stereocenters. The van der Waals surface area contributed by atoms with E-state index in [-0.39, 0.29) is 0 Å². The van der Waals surface area contributed by atoms with Gasteiger partial charge in [0.05, 0.1) is 5.92 Å². The van der Waals surface area contributed by atoms with Gasteiger partial charge in [0, 0.05) is 19.8 Å². The second kappa shape index (κ2) is 6.83. The number of ether oxygens (including phenoxy) is 2. The van der Waals surface area contributed by atoms with Gasteiger partial charge in [0.2, 0.25) is 0 Å². The van der Waals surface area contributed by atoms with Crippen molar-refractivity contribution in [3.05, 3.63) is 53.6 Å². The molecule has 126 valence electrons. The Morgan fingerprint density at radius 1 is 1.12 bits per heavy atom. The summed E-state index contributed by atoms with van der Waals surface area (Å²) in [5.41, 5.74) is 2.70. The standard InChI is InChI=1S/C19H21NO4/c1-20(2)15-5-3-4-14(12-15)16(19(21)22)10-13-6-7-17-18(11-13)24-9-8-23-17/h3-7,11-12,16H,8-10H2,1-2H3,(H,21,22). The number of nitrogens with zero attached hydrogens (tertiary/aromatic N) is 1. The number of carbonyl (C=O) groups is 1. The number of anilines is 1. The number of fused-ring (bicyclic) bond motifs is 1. The Bertz CT molecular complexity index is 742. The first kappa shape index (κ1) is 16.2. The molecule has 0 bridgehead atoms. The summed E-state index contributed by atoms with van der Waals surface area (Å²) in [6.07, 6.45) is 0.406. The van der Waals surface area contributed by atoms with Crippen LogP contribution in [0.25, 0.3) is 0 Å². The summed E-state index contributed by atoms with van der Waals surface area (Å²) < 4.78 is 11.1. The molecule has 5 heteroatoms. The van der Waals surface area contributed by atoms with E-state index in [0.29, 0.717) is 31.1 Å². The second-order valence-electron chi connectivity index (χ2n) is 6.06. The second-order valence-corrected chi connectivity index (χ2v) is 6.06. The number of benzene rings is 2. The van der Waals surface area contributed by atoms with Gasteiger partial charge in [-0.25, -0.2) is 0 Å². The van der Waals surface area contributed by atoms with Crippen LogP contribution in [-0.4, -0.2) is 38.4 Å². The first-order valence-corrected chi connectivity index (χ1v) is 7.93. The molecule has 0 saturated heterocycles.